The van der Waals surface area contributed by atoms with Gasteiger partial charge in [-0.2, -0.15) is 0 Å². The predicted octanol–water partition coefficient (Wildman–Crippen LogP) is 3.45. The summed E-state index contributed by atoms with van der Waals surface area (Å²) in [6, 6.07) is 8.05. The molecule has 3 rings (SSSR count). The molecule has 1 aliphatic rings. The van der Waals surface area contributed by atoms with Gasteiger partial charge in [0.2, 0.25) is 0 Å². The van der Waals surface area contributed by atoms with Gasteiger partial charge in [-0.25, -0.2) is 4.39 Å². The summed E-state index contributed by atoms with van der Waals surface area (Å²) in [7, 11) is 0. The van der Waals surface area contributed by atoms with Gasteiger partial charge in [-0.15, -0.1) is 11.3 Å². The summed E-state index contributed by atoms with van der Waals surface area (Å²) in [6.07, 6.45) is 1.91. The Morgan fingerprint density at radius 3 is 3.00 bits per heavy atom. The number of anilines is 1. The van der Waals surface area contributed by atoms with Crippen molar-refractivity contribution in [3.05, 3.63) is 52.0 Å². The molecule has 2 N–H and O–H groups in total. The van der Waals surface area contributed by atoms with Gasteiger partial charge in [0.1, 0.15) is 5.82 Å². The first-order chi connectivity index (χ1) is 9.66. The molecule has 2 aromatic rings. The Morgan fingerprint density at radius 2 is 2.25 bits per heavy atom. The first-order valence-corrected chi connectivity index (χ1v) is 7.44. The van der Waals surface area contributed by atoms with Crippen molar-refractivity contribution in [2.24, 2.45) is 0 Å². The number of carbonyl (C=O) groups is 1. The van der Waals surface area contributed by atoms with Crippen LogP contribution in [0.1, 0.15) is 34.1 Å². The van der Waals surface area contributed by atoms with Crippen LogP contribution in [0.25, 0.3) is 0 Å². The largest absolute Gasteiger partial charge is 0.398 e. The molecule has 0 spiro atoms. The molecule has 20 heavy (non-hydrogen) atoms. The van der Waals surface area contributed by atoms with Gasteiger partial charge in [-0.3, -0.25) is 4.79 Å². The zero-order valence-corrected chi connectivity index (χ0v) is 11.7. The number of hydrogen-bond donors (Lipinski definition) is 1. The van der Waals surface area contributed by atoms with Gasteiger partial charge >= 0.3 is 0 Å². The van der Waals surface area contributed by atoms with Crippen LogP contribution in [-0.2, 0) is 0 Å². The van der Waals surface area contributed by atoms with Crippen molar-refractivity contribution < 1.29 is 9.18 Å². The number of hydrogen-bond acceptors (Lipinski definition) is 3. The highest BCUT2D eigenvalue weighted by Gasteiger charge is 2.32. The Balaban J connectivity index is 1.91. The molecule has 0 aliphatic carbocycles. The summed E-state index contributed by atoms with van der Waals surface area (Å²) in [5, 5.41) is 2.01. The van der Waals surface area contributed by atoms with Crippen LogP contribution in [0.3, 0.4) is 0 Å². The van der Waals surface area contributed by atoms with Crippen molar-refractivity contribution in [3.63, 3.8) is 0 Å². The van der Waals surface area contributed by atoms with Gasteiger partial charge in [0.15, 0.2) is 0 Å². The van der Waals surface area contributed by atoms with E-state index in [1.165, 1.54) is 23.1 Å². The summed E-state index contributed by atoms with van der Waals surface area (Å²) in [4.78, 5) is 15.6. The maximum atomic E-state index is 13.3. The number of nitrogens with two attached hydrogens (primary N) is 1. The molecule has 1 fully saturated rings. The zero-order valence-electron chi connectivity index (χ0n) is 10.9. The van der Waals surface area contributed by atoms with Crippen molar-refractivity contribution in [3.8, 4) is 0 Å². The van der Waals surface area contributed by atoms with Crippen LogP contribution in [0.4, 0.5) is 10.1 Å². The number of thiophene rings is 1. The van der Waals surface area contributed by atoms with Crippen molar-refractivity contribution in [2.75, 3.05) is 12.3 Å². The van der Waals surface area contributed by atoms with E-state index in [1.54, 1.807) is 16.2 Å². The van der Waals surface area contributed by atoms with Crippen molar-refractivity contribution in [1.29, 1.82) is 0 Å². The topological polar surface area (TPSA) is 46.3 Å². The van der Waals surface area contributed by atoms with Gasteiger partial charge in [-0.1, -0.05) is 6.07 Å². The molecule has 5 heteroatoms. The standard InChI is InChI=1S/C15H15FN2OS/c16-10-5-6-12(17)11(9-10)15(19)18-7-1-3-13(18)14-4-2-8-20-14/h2,4-6,8-9,13H,1,3,7,17H2. The maximum Gasteiger partial charge on any atom is 0.256 e. The maximum absolute atomic E-state index is 13.3. The van der Waals surface area contributed by atoms with Gasteiger partial charge in [0.05, 0.1) is 11.6 Å². The van der Waals surface area contributed by atoms with E-state index in [0.717, 1.165) is 12.8 Å². The lowest BCUT2D eigenvalue weighted by Gasteiger charge is -2.24. The molecule has 2 heterocycles. The van der Waals surface area contributed by atoms with Crippen LogP contribution < -0.4 is 5.73 Å². The van der Waals surface area contributed by atoms with Crippen molar-refractivity contribution >= 4 is 22.9 Å². The molecular weight excluding hydrogens is 275 g/mol. The number of carbonyl (C=O) groups excluding carboxylic acids is 1. The van der Waals surface area contributed by atoms with Gasteiger partial charge < -0.3 is 10.6 Å². The van der Waals surface area contributed by atoms with E-state index in [1.807, 2.05) is 17.5 Å². The lowest BCUT2D eigenvalue weighted by atomic mass is 10.1. The fourth-order valence-corrected chi connectivity index (χ4v) is 3.53. The zero-order chi connectivity index (χ0) is 14.1. The van der Waals surface area contributed by atoms with E-state index in [4.69, 9.17) is 5.73 Å². The molecule has 0 bridgehead atoms. The predicted molar refractivity (Wildman–Crippen MR) is 78.1 cm³/mol. The molecule has 1 aromatic heterocycles. The van der Waals surface area contributed by atoms with E-state index in [-0.39, 0.29) is 17.5 Å². The molecule has 1 unspecified atom stereocenters. The number of nitrogen functional groups attached to an aromatic ring is 1. The lowest BCUT2D eigenvalue weighted by molar-refractivity contribution is 0.0738. The minimum atomic E-state index is -0.436. The molecule has 1 amide bonds. The Kier molecular flexibility index (Phi) is 3.44. The SMILES string of the molecule is Nc1ccc(F)cc1C(=O)N1CCCC1c1cccs1. The number of benzene rings is 1. The smallest absolute Gasteiger partial charge is 0.256 e. The first-order valence-electron chi connectivity index (χ1n) is 6.56. The van der Waals surface area contributed by atoms with E-state index in [9.17, 15) is 9.18 Å². The number of nitrogens with zero attached hydrogens (tertiary/aromatic N) is 1. The van der Waals surface area contributed by atoms with E-state index in [2.05, 4.69) is 0 Å². The molecule has 1 aromatic carbocycles. The first kappa shape index (κ1) is 13.1. The van der Waals surface area contributed by atoms with Crippen molar-refractivity contribution in [1.82, 2.24) is 4.90 Å². The molecule has 1 saturated heterocycles. The number of amides is 1. The molecule has 1 atom stereocenters. The fraction of sp³-hybridized carbons (Fsp3) is 0.267. The summed E-state index contributed by atoms with van der Waals surface area (Å²) in [5.41, 5.74) is 6.40. The van der Waals surface area contributed by atoms with Crippen LogP contribution in [0.2, 0.25) is 0 Å². The fourth-order valence-electron chi connectivity index (χ4n) is 2.65. The van der Waals surface area contributed by atoms with Crippen LogP contribution >= 0.6 is 11.3 Å². The van der Waals surface area contributed by atoms with Crippen LogP contribution in [0.15, 0.2) is 35.7 Å². The normalized spacial score (nSPS) is 18.4. The molecule has 1 aliphatic heterocycles. The van der Waals surface area contributed by atoms with Gasteiger partial charge in [0.25, 0.3) is 5.91 Å². The second kappa shape index (κ2) is 5.25. The average Bonchev–Trinajstić information content (AvgIpc) is 3.10. The average molecular weight is 290 g/mol. The number of rotatable bonds is 2. The summed E-state index contributed by atoms with van der Waals surface area (Å²) in [6.45, 7) is 0.692. The minimum absolute atomic E-state index is 0.0881. The minimum Gasteiger partial charge on any atom is -0.398 e. The van der Waals surface area contributed by atoms with E-state index < -0.39 is 5.82 Å². The highest BCUT2D eigenvalue weighted by molar-refractivity contribution is 7.10. The summed E-state index contributed by atoms with van der Waals surface area (Å²) >= 11 is 1.64. The highest BCUT2D eigenvalue weighted by Crippen LogP contribution is 2.36. The lowest BCUT2D eigenvalue weighted by Crippen LogP contribution is -2.30. The van der Waals surface area contributed by atoms with Crippen LogP contribution in [-0.4, -0.2) is 17.4 Å². The highest BCUT2D eigenvalue weighted by atomic mass is 32.1. The Labute approximate surface area is 120 Å². The Morgan fingerprint density at radius 1 is 1.40 bits per heavy atom. The third kappa shape index (κ3) is 2.29. The quantitative estimate of drug-likeness (QED) is 0.861. The number of halogens is 1. The third-order valence-corrected chi connectivity index (χ3v) is 4.60. The Bertz CT molecular complexity index is 627. The molecule has 3 nitrogen and oxygen atoms in total. The molecule has 0 saturated carbocycles. The summed E-state index contributed by atoms with van der Waals surface area (Å²) < 4.78 is 13.3. The monoisotopic (exact) mass is 290 g/mol. The summed E-state index contributed by atoms with van der Waals surface area (Å²) in [5.74, 6) is -0.618. The van der Waals surface area contributed by atoms with E-state index in [0.29, 0.717) is 12.2 Å². The Hall–Kier alpha value is -1.88. The van der Waals surface area contributed by atoms with Crippen molar-refractivity contribution in [2.45, 2.75) is 18.9 Å². The van der Waals surface area contributed by atoms with E-state index >= 15 is 0 Å². The van der Waals surface area contributed by atoms with Gasteiger partial charge in [0, 0.05) is 17.1 Å². The molecule has 0 radical (unpaired) electrons. The number of likely N-dealkylation sites (tertiary alicyclic amines) is 1. The van der Waals surface area contributed by atoms with Gasteiger partial charge in [-0.05, 0) is 42.5 Å². The van der Waals surface area contributed by atoms with Crippen LogP contribution in [0, 0.1) is 5.82 Å². The molecule has 104 valence electrons. The second-order valence-corrected chi connectivity index (χ2v) is 5.88. The molecular formula is C15H15FN2OS. The third-order valence-electron chi connectivity index (χ3n) is 3.63. The second-order valence-electron chi connectivity index (χ2n) is 4.90. The van der Waals surface area contributed by atoms with Crippen LogP contribution in [0.5, 0.6) is 0 Å².